The molecule has 2 fully saturated rings. The third-order valence-electron chi connectivity index (χ3n) is 7.66. The predicted molar refractivity (Wildman–Crippen MR) is 122 cm³/mol. The number of ether oxygens (including phenoxy) is 2. The minimum Gasteiger partial charge on any atom is -0.464 e. The lowest BCUT2D eigenvalue weighted by Crippen LogP contribution is -2.28. The maximum Gasteiger partial charge on any atom is 0.335 e. The fourth-order valence-electron chi connectivity index (χ4n) is 5.67. The monoisotopic (exact) mass is 436 g/mol. The summed E-state index contributed by atoms with van der Waals surface area (Å²) in [5.41, 5.74) is 0.0428. The van der Waals surface area contributed by atoms with Crippen molar-refractivity contribution in [1.82, 2.24) is 0 Å². The number of rotatable bonds is 14. The van der Waals surface area contributed by atoms with Gasteiger partial charge in [0.15, 0.2) is 0 Å². The van der Waals surface area contributed by atoms with Crippen LogP contribution < -0.4 is 0 Å². The summed E-state index contributed by atoms with van der Waals surface area (Å²) in [5, 5.41) is 8.92. The van der Waals surface area contributed by atoms with Crippen LogP contribution in [-0.4, -0.2) is 36.9 Å². The second-order valence-electron chi connectivity index (χ2n) is 9.83. The number of aliphatic hydroxyl groups is 1. The van der Waals surface area contributed by atoms with E-state index < -0.39 is 12.6 Å². The van der Waals surface area contributed by atoms with Crippen LogP contribution in [0.3, 0.4) is 0 Å². The van der Waals surface area contributed by atoms with Crippen LogP contribution in [0.4, 0.5) is 0 Å². The number of aliphatic hydroxyl groups excluding tert-OH is 1. The lowest BCUT2D eigenvalue weighted by molar-refractivity contribution is -0.141. The van der Waals surface area contributed by atoms with Gasteiger partial charge in [0.05, 0.1) is 18.8 Å². The van der Waals surface area contributed by atoms with Gasteiger partial charge in [-0.3, -0.25) is 4.79 Å². The van der Waals surface area contributed by atoms with Crippen LogP contribution in [0.2, 0.25) is 0 Å². The van der Waals surface area contributed by atoms with Gasteiger partial charge >= 0.3 is 5.97 Å². The number of carbonyl (C=O) groups is 2. The van der Waals surface area contributed by atoms with Crippen molar-refractivity contribution in [3.8, 4) is 0 Å². The molecule has 31 heavy (non-hydrogen) atoms. The van der Waals surface area contributed by atoms with Crippen LogP contribution in [-0.2, 0) is 19.1 Å². The first-order valence-electron chi connectivity index (χ1n) is 12.6. The van der Waals surface area contributed by atoms with Gasteiger partial charge in [0, 0.05) is 6.42 Å². The first-order chi connectivity index (χ1) is 15.1. The summed E-state index contributed by atoms with van der Waals surface area (Å²) in [6, 6.07) is 0. The van der Waals surface area contributed by atoms with E-state index in [2.05, 4.69) is 13.5 Å². The fraction of sp³-hybridized carbons (Fsp3) is 0.846. The van der Waals surface area contributed by atoms with Gasteiger partial charge in [-0.25, -0.2) is 4.79 Å². The third-order valence-corrected chi connectivity index (χ3v) is 7.66. The van der Waals surface area contributed by atoms with Crippen LogP contribution in [0.5, 0.6) is 0 Å². The highest BCUT2D eigenvalue weighted by atomic mass is 16.5. The van der Waals surface area contributed by atoms with Crippen molar-refractivity contribution in [3.05, 3.63) is 12.2 Å². The second kappa shape index (κ2) is 14.7. The summed E-state index contributed by atoms with van der Waals surface area (Å²) in [4.78, 5) is 22.5. The maximum absolute atomic E-state index is 11.6. The molecule has 1 N–H and O–H groups in total. The van der Waals surface area contributed by atoms with Gasteiger partial charge in [-0.1, -0.05) is 64.9 Å². The SMILES string of the molecule is C=C(CO)C(=O)OCCC(CC1CCC(C2CCC(CCCCC)CC2)CC1)OC=O. The van der Waals surface area contributed by atoms with Gasteiger partial charge in [0.25, 0.3) is 6.47 Å². The molecular formula is C26H44O5. The molecule has 0 aliphatic heterocycles. The molecule has 0 spiro atoms. The van der Waals surface area contributed by atoms with E-state index >= 15 is 0 Å². The maximum atomic E-state index is 11.6. The quantitative estimate of drug-likeness (QED) is 0.166. The van der Waals surface area contributed by atoms with E-state index in [-0.39, 0.29) is 18.3 Å². The summed E-state index contributed by atoms with van der Waals surface area (Å²) >= 11 is 0. The second-order valence-corrected chi connectivity index (χ2v) is 9.83. The summed E-state index contributed by atoms with van der Waals surface area (Å²) in [6.45, 7) is 6.01. The molecule has 0 saturated heterocycles. The molecule has 1 atom stereocenters. The van der Waals surface area contributed by atoms with E-state index in [4.69, 9.17) is 14.6 Å². The molecular weight excluding hydrogens is 392 g/mol. The molecule has 0 radical (unpaired) electrons. The number of unbranched alkanes of at least 4 members (excludes halogenated alkanes) is 2. The van der Waals surface area contributed by atoms with Crippen molar-refractivity contribution in [3.63, 3.8) is 0 Å². The van der Waals surface area contributed by atoms with E-state index in [1.165, 1.54) is 77.0 Å². The Bertz CT molecular complexity index is 530. The van der Waals surface area contributed by atoms with Gasteiger partial charge in [-0.15, -0.1) is 0 Å². The van der Waals surface area contributed by atoms with Gasteiger partial charge in [0.1, 0.15) is 6.10 Å². The standard InChI is InChI=1S/C26H44O5/c1-3-4-5-6-21-7-11-23(12-8-21)24-13-9-22(10-14-24)17-25(31-19-28)15-16-30-26(29)20(2)18-27/h19,21-25,27H,2-18H2,1H3. The molecule has 0 aromatic carbocycles. The zero-order valence-corrected chi connectivity index (χ0v) is 19.6. The molecule has 0 amide bonds. The average Bonchev–Trinajstić information content (AvgIpc) is 2.79. The summed E-state index contributed by atoms with van der Waals surface area (Å²) in [7, 11) is 0. The first kappa shape index (κ1) is 25.9. The summed E-state index contributed by atoms with van der Waals surface area (Å²) in [6.07, 6.45) is 17.4. The Morgan fingerprint density at radius 3 is 2.19 bits per heavy atom. The van der Waals surface area contributed by atoms with Gasteiger partial charge in [-0.2, -0.15) is 0 Å². The average molecular weight is 437 g/mol. The molecule has 0 heterocycles. The van der Waals surface area contributed by atoms with Crippen molar-refractivity contribution in [2.45, 2.75) is 103 Å². The molecule has 1 unspecified atom stereocenters. The van der Waals surface area contributed by atoms with E-state index in [1.807, 2.05) is 0 Å². The highest BCUT2D eigenvalue weighted by Crippen LogP contribution is 2.43. The molecule has 0 aromatic rings. The predicted octanol–water partition coefficient (Wildman–Crippen LogP) is 5.59. The van der Waals surface area contributed by atoms with E-state index in [1.54, 1.807) is 0 Å². The van der Waals surface area contributed by atoms with Crippen LogP contribution in [0.15, 0.2) is 12.2 Å². The highest BCUT2D eigenvalue weighted by molar-refractivity contribution is 5.87. The molecule has 178 valence electrons. The number of esters is 1. The third kappa shape index (κ3) is 9.34. The van der Waals surface area contributed by atoms with Crippen molar-refractivity contribution >= 4 is 12.4 Å². The Kier molecular flexibility index (Phi) is 12.2. The van der Waals surface area contributed by atoms with Crippen molar-refractivity contribution < 1.29 is 24.2 Å². The molecule has 5 nitrogen and oxygen atoms in total. The topological polar surface area (TPSA) is 72.8 Å². The van der Waals surface area contributed by atoms with Crippen molar-refractivity contribution in [2.75, 3.05) is 13.2 Å². The normalized spacial score (nSPS) is 27.3. The molecule has 5 heteroatoms. The smallest absolute Gasteiger partial charge is 0.335 e. The van der Waals surface area contributed by atoms with E-state index in [9.17, 15) is 9.59 Å². The Morgan fingerprint density at radius 1 is 1.03 bits per heavy atom. The molecule has 2 saturated carbocycles. The Labute approximate surface area is 189 Å². The minimum absolute atomic E-state index is 0.0428. The van der Waals surface area contributed by atoms with E-state index in [0.29, 0.717) is 18.8 Å². The van der Waals surface area contributed by atoms with Gasteiger partial charge in [-0.05, 0) is 55.8 Å². The molecule has 2 aliphatic carbocycles. The van der Waals surface area contributed by atoms with Crippen LogP contribution in [0, 0.1) is 23.7 Å². The number of hydrogen-bond donors (Lipinski definition) is 1. The highest BCUT2D eigenvalue weighted by Gasteiger charge is 2.31. The van der Waals surface area contributed by atoms with Gasteiger partial charge < -0.3 is 14.6 Å². The fourth-order valence-corrected chi connectivity index (χ4v) is 5.67. The van der Waals surface area contributed by atoms with Crippen LogP contribution in [0.25, 0.3) is 0 Å². The molecule has 2 rings (SSSR count). The summed E-state index contributed by atoms with van der Waals surface area (Å²) in [5.74, 6) is 2.76. The molecule has 0 bridgehead atoms. The Morgan fingerprint density at radius 2 is 1.65 bits per heavy atom. The zero-order valence-electron chi connectivity index (χ0n) is 19.6. The van der Waals surface area contributed by atoms with Crippen molar-refractivity contribution in [2.24, 2.45) is 23.7 Å². The Balaban J connectivity index is 1.65. The Hall–Kier alpha value is -1.36. The van der Waals surface area contributed by atoms with Crippen molar-refractivity contribution in [1.29, 1.82) is 0 Å². The number of hydrogen-bond acceptors (Lipinski definition) is 5. The summed E-state index contributed by atoms with van der Waals surface area (Å²) < 4.78 is 10.4. The molecule has 0 aromatic heterocycles. The largest absolute Gasteiger partial charge is 0.464 e. The van der Waals surface area contributed by atoms with E-state index in [0.717, 1.165) is 24.2 Å². The lowest BCUT2D eigenvalue weighted by Gasteiger charge is -2.38. The number of carbonyl (C=O) groups excluding carboxylic acids is 2. The minimum atomic E-state index is -0.590. The van der Waals surface area contributed by atoms with Gasteiger partial charge in [0.2, 0.25) is 0 Å². The van der Waals surface area contributed by atoms with Crippen LogP contribution in [0.1, 0.15) is 96.8 Å². The lowest BCUT2D eigenvalue weighted by atomic mass is 9.68. The van der Waals surface area contributed by atoms with Crippen LogP contribution >= 0.6 is 0 Å². The zero-order chi connectivity index (χ0) is 22.5. The first-order valence-corrected chi connectivity index (χ1v) is 12.6. The molecule has 2 aliphatic rings.